The van der Waals surface area contributed by atoms with Crippen molar-refractivity contribution in [3.63, 3.8) is 0 Å². The zero-order valence-electron chi connectivity index (χ0n) is 14.4. The number of amides is 2. The number of halogens is 1. The number of aromatic nitrogens is 2. The van der Waals surface area contributed by atoms with Crippen LogP contribution in [-0.2, 0) is 5.60 Å². The number of aliphatic hydroxyl groups is 1. The van der Waals surface area contributed by atoms with Crippen molar-refractivity contribution in [1.82, 2.24) is 15.5 Å². The Morgan fingerprint density at radius 1 is 1.22 bits per heavy atom. The topological polar surface area (TPSA) is 90.0 Å². The van der Waals surface area contributed by atoms with Gasteiger partial charge in [-0.2, -0.15) is 5.10 Å². The number of nitrogens with zero attached hydrogens (tertiary/aromatic N) is 1. The van der Waals surface area contributed by atoms with Gasteiger partial charge in [0.25, 0.3) is 0 Å². The molecule has 1 heterocycles. The van der Waals surface area contributed by atoms with Crippen molar-refractivity contribution >= 4 is 34.2 Å². The Morgan fingerprint density at radius 2 is 1.96 bits per heavy atom. The maximum Gasteiger partial charge on any atom is 0.319 e. The molecular formula is C20H19ClN4O2. The van der Waals surface area contributed by atoms with Crippen LogP contribution in [0.3, 0.4) is 0 Å². The van der Waals surface area contributed by atoms with E-state index >= 15 is 0 Å². The zero-order chi connectivity index (χ0) is 18.6. The Kier molecular flexibility index (Phi) is 3.67. The van der Waals surface area contributed by atoms with E-state index in [1.165, 1.54) is 0 Å². The van der Waals surface area contributed by atoms with Gasteiger partial charge in [-0.25, -0.2) is 4.79 Å². The molecule has 6 nitrogen and oxygen atoms in total. The van der Waals surface area contributed by atoms with Gasteiger partial charge in [-0.1, -0.05) is 29.8 Å². The standard InChI is InChI=1S/C20H19ClN4O2/c21-12-6-11-10-22-25-17(11)16(7-12)20(27)8-14-15(9-20)18(14)24-19(26)23-13-4-2-1-3-5-13/h1-7,10,14-15,18,27H,8-9H2,(H,22,25)(H2,23,24,26)/t14-,15+,18?,20?. The van der Waals surface area contributed by atoms with Gasteiger partial charge < -0.3 is 15.7 Å². The minimum absolute atomic E-state index is 0.102. The van der Waals surface area contributed by atoms with Gasteiger partial charge in [0, 0.05) is 27.7 Å². The first-order chi connectivity index (χ1) is 13.0. The molecule has 2 saturated carbocycles. The highest BCUT2D eigenvalue weighted by molar-refractivity contribution is 6.31. The normalized spacial score (nSPS) is 28.7. The monoisotopic (exact) mass is 382 g/mol. The summed E-state index contributed by atoms with van der Waals surface area (Å²) in [5.74, 6) is 0.543. The molecule has 138 valence electrons. The molecule has 27 heavy (non-hydrogen) atoms. The minimum Gasteiger partial charge on any atom is -0.385 e. The van der Waals surface area contributed by atoms with Crippen molar-refractivity contribution in [3.8, 4) is 0 Å². The van der Waals surface area contributed by atoms with Crippen LogP contribution >= 0.6 is 11.6 Å². The Bertz CT molecular complexity index is 1010. The molecule has 0 aliphatic heterocycles. The summed E-state index contributed by atoms with van der Waals surface area (Å²) in [6.45, 7) is 0. The maximum absolute atomic E-state index is 12.2. The van der Waals surface area contributed by atoms with Gasteiger partial charge >= 0.3 is 6.03 Å². The van der Waals surface area contributed by atoms with Crippen LogP contribution in [0.2, 0.25) is 5.02 Å². The first-order valence-corrected chi connectivity index (χ1v) is 9.39. The second kappa shape index (κ2) is 5.97. The van der Waals surface area contributed by atoms with Crippen molar-refractivity contribution in [2.45, 2.75) is 24.5 Å². The lowest BCUT2D eigenvalue weighted by molar-refractivity contribution is 0.0298. The van der Waals surface area contributed by atoms with E-state index in [0.29, 0.717) is 17.9 Å². The number of carbonyl (C=O) groups excluding carboxylic acids is 1. The number of benzene rings is 2. The van der Waals surface area contributed by atoms with E-state index in [-0.39, 0.29) is 23.9 Å². The highest BCUT2D eigenvalue weighted by atomic mass is 35.5. The number of nitrogens with one attached hydrogen (secondary N) is 3. The fourth-order valence-corrected chi connectivity index (χ4v) is 4.75. The third-order valence-electron chi connectivity index (χ3n) is 5.82. The second-order valence-electron chi connectivity index (χ2n) is 7.55. The van der Waals surface area contributed by atoms with Gasteiger partial charge in [0.2, 0.25) is 0 Å². The molecule has 0 bridgehead atoms. The van der Waals surface area contributed by atoms with Crippen LogP contribution in [0.25, 0.3) is 10.9 Å². The van der Waals surface area contributed by atoms with E-state index in [0.717, 1.165) is 22.2 Å². The summed E-state index contributed by atoms with van der Waals surface area (Å²) < 4.78 is 0. The molecular weight excluding hydrogens is 364 g/mol. The molecule has 2 aromatic carbocycles. The van der Waals surface area contributed by atoms with E-state index in [1.807, 2.05) is 42.5 Å². The van der Waals surface area contributed by atoms with Crippen LogP contribution in [0, 0.1) is 11.8 Å². The van der Waals surface area contributed by atoms with Crippen molar-refractivity contribution < 1.29 is 9.90 Å². The highest BCUT2D eigenvalue weighted by Crippen LogP contribution is 2.60. The number of hydrogen-bond acceptors (Lipinski definition) is 3. The first kappa shape index (κ1) is 16.6. The van der Waals surface area contributed by atoms with Crippen LogP contribution in [-0.4, -0.2) is 27.4 Å². The summed E-state index contributed by atoms with van der Waals surface area (Å²) >= 11 is 6.23. The summed E-state index contributed by atoms with van der Waals surface area (Å²) in [7, 11) is 0. The van der Waals surface area contributed by atoms with Crippen molar-refractivity contribution in [2.24, 2.45) is 11.8 Å². The lowest BCUT2D eigenvalue weighted by Gasteiger charge is -2.27. The van der Waals surface area contributed by atoms with Crippen molar-refractivity contribution in [2.75, 3.05) is 5.32 Å². The predicted octanol–water partition coefficient (Wildman–Crippen LogP) is 3.63. The number of rotatable bonds is 3. The van der Waals surface area contributed by atoms with Gasteiger partial charge in [0.1, 0.15) is 0 Å². The van der Waals surface area contributed by atoms with E-state index in [9.17, 15) is 9.90 Å². The Labute approximate surface area is 160 Å². The number of para-hydroxylation sites is 1. The molecule has 4 atom stereocenters. The van der Waals surface area contributed by atoms with E-state index in [4.69, 9.17) is 11.6 Å². The largest absolute Gasteiger partial charge is 0.385 e. The number of urea groups is 1. The summed E-state index contributed by atoms with van der Waals surface area (Å²) in [6, 6.07) is 12.9. The van der Waals surface area contributed by atoms with Gasteiger partial charge in [-0.05, 0) is 48.9 Å². The van der Waals surface area contributed by atoms with Crippen LogP contribution in [0.15, 0.2) is 48.7 Å². The number of carbonyl (C=O) groups is 1. The zero-order valence-corrected chi connectivity index (χ0v) is 15.2. The lowest BCUT2D eigenvalue weighted by Crippen LogP contribution is -2.36. The molecule has 2 aliphatic carbocycles. The summed E-state index contributed by atoms with van der Waals surface area (Å²) in [5, 5.41) is 25.6. The third kappa shape index (κ3) is 2.85. The average molecular weight is 383 g/mol. The molecule has 0 radical (unpaired) electrons. The SMILES string of the molecule is O=C(Nc1ccccc1)NC1[C@H]2CC(O)(c3cc(Cl)cc4cn[nH]c34)C[C@@H]12. The molecule has 2 fully saturated rings. The van der Waals surface area contributed by atoms with Crippen molar-refractivity contribution in [3.05, 3.63) is 59.2 Å². The summed E-state index contributed by atoms with van der Waals surface area (Å²) in [4.78, 5) is 12.2. The third-order valence-corrected chi connectivity index (χ3v) is 6.04. The van der Waals surface area contributed by atoms with Gasteiger partial charge in [-0.15, -0.1) is 0 Å². The molecule has 0 spiro atoms. The van der Waals surface area contributed by atoms with Gasteiger partial charge in [0.15, 0.2) is 0 Å². The van der Waals surface area contributed by atoms with Gasteiger partial charge in [-0.3, -0.25) is 5.10 Å². The maximum atomic E-state index is 12.2. The number of fused-ring (bicyclic) bond motifs is 2. The second-order valence-corrected chi connectivity index (χ2v) is 7.98. The molecule has 5 rings (SSSR count). The first-order valence-electron chi connectivity index (χ1n) is 9.01. The fourth-order valence-electron chi connectivity index (χ4n) is 4.53. The predicted molar refractivity (Wildman–Crippen MR) is 104 cm³/mol. The molecule has 0 saturated heterocycles. The van der Waals surface area contributed by atoms with E-state index in [1.54, 1.807) is 6.20 Å². The van der Waals surface area contributed by atoms with Crippen LogP contribution < -0.4 is 10.6 Å². The quantitative estimate of drug-likeness (QED) is 0.557. The van der Waals surface area contributed by atoms with Crippen molar-refractivity contribution in [1.29, 1.82) is 0 Å². The molecule has 4 N–H and O–H groups in total. The molecule has 1 aromatic heterocycles. The summed E-state index contributed by atoms with van der Waals surface area (Å²) in [6.07, 6.45) is 2.91. The molecule has 3 aromatic rings. The molecule has 2 amide bonds. The number of hydrogen-bond donors (Lipinski definition) is 4. The average Bonchev–Trinajstić information content (AvgIpc) is 3.02. The summed E-state index contributed by atoms with van der Waals surface area (Å²) in [5.41, 5.74) is 1.44. The van der Waals surface area contributed by atoms with Crippen LogP contribution in [0.4, 0.5) is 10.5 Å². The van der Waals surface area contributed by atoms with Crippen LogP contribution in [0.1, 0.15) is 18.4 Å². The highest BCUT2D eigenvalue weighted by Gasteiger charge is 2.62. The fraction of sp³-hybridized carbons (Fsp3) is 0.300. The Hall–Kier alpha value is -2.57. The van der Waals surface area contributed by atoms with E-state index < -0.39 is 5.60 Å². The Morgan fingerprint density at radius 3 is 2.70 bits per heavy atom. The molecule has 7 heteroatoms. The van der Waals surface area contributed by atoms with Gasteiger partial charge in [0.05, 0.1) is 17.3 Å². The Balaban J connectivity index is 1.27. The smallest absolute Gasteiger partial charge is 0.319 e. The number of aromatic amines is 1. The van der Waals surface area contributed by atoms with E-state index in [2.05, 4.69) is 20.8 Å². The number of H-pyrrole nitrogens is 1. The minimum atomic E-state index is -0.945. The lowest BCUT2D eigenvalue weighted by atomic mass is 9.87. The molecule has 2 aliphatic rings. The number of anilines is 1. The molecule has 2 unspecified atom stereocenters. The van der Waals surface area contributed by atoms with Crippen LogP contribution in [0.5, 0.6) is 0 Å².